The van der Waals surface area contributed by atoms with E-state index in [1.54, 1.807) is 41.7 Å². The van der Waals surface area contributed by atoms with Crippen LogP contribution in [0.25, 0.3) is 11.0 Å². The molecule has 0 spiro atoms. The normalized spacial score (nSPS) is 15.1. The van der Waals surface area contributed by atoms with Crippen molar-refractivity contribution in [2.75, 3.05) is 39.8 Å². The number of imidazole rings is 1. The average Bonchev–Trinajstić information content (AvgIpc) is 3.25. The minimum absolute atomic E-state index is 0.0626. The first-order valence-electron chi connectivity index (χ1n) is 9.24. The van der Waals surface area contributed by atoms with E-state index in [0.29, 0.717) is 29.8 Å². The molecule has 8 heteroatoms. The third-order valence-electron chi connectivity index (χ3n) is 5.07. The highest BCUT2D eigenvalue weighted by Gasteiger charge is 2.25. The molecule has 3 aromatic rings. The number of hydrogen-bond donors (Lipinski definition) is 0. The second-order valence-electron chi connectivity index (χ2n) is 6.76. The van der Waals surface area contributed by atoms with Crippen LogP contribution in [0.4, 0.5) is 0 Å². The van der Waals surface area contributed by atoms with Crippen LogP contribution in [0.1, 0.15) is 10.4 Å². The second-order valence-corrected chi connectivity index (χ2v) is 6.76. The van der Waals surface area contributed by atoms with Gasteiger partial charge in [-0.1, -0.05) is 12.1 Å². The van der Waals surface area contributed by atoms with Gasteiger partial charge in [-0.25, -0.2) is 9.78 Å². The molecule has 1 saturated heterocycles. The Bertz CT molecular complexity index is 1020. The molecule has 0 unspecified atom stereocenters. The smallest absolute Gasteiger partial charge is 0.349 e. The number of benzene rings is 1. The lowest BCUT2D eigenvalue weighted by Crippen LogP contribution is -2.50. The highest BCUT2D eigenvalue weighted by Crippen LogP contribution is 2.24. The molecule has 0 atom stereocenters. The zero-order chi connectivity index (χ0) is 19.5. The topological polar surface area (TPSA) is 80.8 Å². The lowest BCUT2D eigenvalue weighted by atomic mass is 10.1. The van der Waals surface area contributed by atoms with Gasteiger partial charge in [0.05, 0.1) is 13.4 Å². The minimum atomic E-state index is -0.635. The molecule has 1 amide bonds. The van der Waals surface area contributed by atoms with Gasteiger partial charge in [0.1, 0.15) is 5.56 Å². The molecule has 4 rings (SSSR count). The predicted octanol–water partition coefficient (Wildman–Crippen LogP) is 1.46. The van der Waals surface area contributed by atoms with Gasteiger partial charge in [0.15, 0.2) is 11.3 Å². The molecule has 1 aliphatic rings. The van der Waals surface area contributed by atoms with Crippen LogP contribution in [0.3, 0.4) is 0 Å². The number of ether oxygens (including phenoxy) is 1. The number of hydrogen-bond acceptors (Lipinski definition) is 6. The zero-order valence-electron chi connectivity index (χ0n) is 15.7. The van der Waals surface area contributed by atoms with E-state index in [1.807, 2.05) is 10.8 Å². The number of carbonyl (C=O) groups excluding carboxylic acids is 1. The van der Waals surface area contributed by atoms with E-state index >= 15 is 0 Å². The number of methoxy groups -OCH3 is 1. The van der Waals surface area contributed by atoms with Gasteiger partial charge >= 0.3 is 5.63 Å². The summed E-state index contributed by atoms with van der Waals surface area (Å²) in [5.74, 6) is 0.188. The summed E-state index contributed by atoms with van der Waals surface area (Å²) in [6.07, 6.45) is 5.50. The average molecular weight is 382 g/mol. The zero-order valence-corrected chi connectivity index (χ0v) is 15.7. The van der Waals surface area contributed by atoms with Crippen molar-refractivity contribution in [2.45, 2.75) is 6.54 Å². The summed E-state index contributed by atoms with van der Waals surface area (Å²) in [5.41, 5.74) is -0.215. The Hall–Kier alpha value is -3.13. The monoisotopic (exact) mass is 382 g/mol. The Balaban J connectivity index is 1.44. The number of para-hydroxylation sites is 1. The first-order valence-corrected chi connectivity index (χ1v) is 9.24. The predicted molar refractivity (Wildman–Crippen MR) is 104 cm³/mol. The Morgan fingerprint density at radius 1 is 1.21 bits per heavy atom. The summed E-state index contributed by atoms with van der Waals surface area (Å²) in [7, 11) is 1.51. The summed E-state index contributed by atoms with van der Waals surface area (Å²) in [5, 5.41) is 0.668. The molecule has 2 aromatic heterocycles. The SMILES string of the molecule is COc1cccc2cc(C(=O)N3CCN(CCn4ccnc4)CC3)c(=O)oc12. The van der Waals surface area contributed by atoms with Gasteiger partial charge in [-0.05, 0) is 12.1 Å². The third-order valence-corrected chi connectivity index (χ3v) is 5.07. The lowest BCUT2D eigenvalue weighted by Gasteiger charge is -2.34. The van der Waals surface area contributed by atoms with Gasteiger partial charge in [-0.2, -0.15) is 0 Å². The maximum absolute atomic E-state index is 12.9. The lowest BCUT2D eigenvalue weighted by molar-refractivity contribution is 0.0629. The van der Waals surface area contributed by atoms with Crippen LogP contribution in [0.15, 0.2) is 52.2 Å². The Labute approximate surface area is 161 Å². The number of rotatable bonds is 5. The molecule has 0 N–H and O–H groups in total. The van der Waals surface area contributed by atoms with Crippen molar-refractivity contribution in [1.29, 1.82) is 0 Å². The van der Waals surface area contributed by atoms with Gasteiger partial charge < -0.3 is 18.6 Å². The maximum Gasteiger partial charge on any atom is 0.349 e. The molecule has 3 heterocycles. The van der Waals surface area contributed by atoms with Crippen LogP contribution < -0.4 is 10.4 Å². The fourth-order valence-corrected chi connectivity index (χ4v) is 3.45. The number of amides is 1. The van der Waals surface area contributed by atoms with Crippen LogP contribution in [-0.4, -0.2) is 65.1 Å². The van der Waals surface area contributed by atoms with Crippen molar-refractivity contribution in [3.8, 4) is 5.75 Å². The fourth-order valence-electron chi connectivity index (χ4n) is 3.45. The molecule has 1 fully saturated rings. The molecule has 0 aliphatic carbocycles. The van der Waals surface area contributed by atoms with Crippen LogP contribution in [0, 0.1) is 0 Å². The first kappa shape index (κ1) is 18.2. The fraction of sp³-hybridized carbons (Fsp3) is 0.350. The molecule has 0 bridgehead atoms. The van der Waals surface area contributed by atoms with Crippen LogP contribution in [0.5, 0.6) is 5.75 Å². The van der Waals surface area contributed by atoms with Gasteiger partial charge in [0.25, 0.3) is 5.91 Å². The summed E-state index contributed by atoms with van der Waals surface area (Å²) < 4.78 is 12.6. The molecule has 0 saturated carbocycles. The van der Waals surface area contributed by atoms with Crippen molar-refractivity contribution in [3.63, 3.8) is 0 Å². The summed E-state index contributed by atoms with van der Waals surface area (Å²) >= 11 is 0. The van der Waals surface area contributed by atoms with Gasteiger partial charge in [-0.3, -0.25) is 9.69 Å². The van der Waals surface area contributed by atoms with E-state index in [-0.39, 0.29) is 11.5 Å². The minimum Gasteiger partial charge on any atom is -0.493 e. The van der Waals surface area contributed by atoms with Crippen molar-refractivity contribution >= 4 is 16.9 Å². The third kappa shape index (κ3) is 3.63. The second kappa shape index (κ2) is 7.85. The largest absolute Gasteiger partial charge is 0.493 e. The highest BCUT2D eigenvalue weighted by atomic mass is 16.5. The van der Waals surface area contributed by atoms with E-state index in [1.165, 1.54) is 7.11 Å². The number of piperazine rings is 1. The quantitative estimate of drug-likeness (QED) is 0.622. The van der Waals surface area contributed by atoms with E-state index in [4.69, 9.17) is 9.15 Å². The van der Waals surface area contributed by atoms with E-state index in [2.05, 4.69) is 9.88 Å². The summed E-state index contributed by atoms with van der Waals surface area (Å²) in [6, 6.07) is 6.91. The molecule has 1 aliphatic heterocycles. The molecular formula is C20H22N4O4. The molecular weight excluding hydrogens is 360 g/mol. The Kier molecular flexibility index (Phi) is 5.12. The van der Waals surface area contributed by atoms with Gasteiger partial charge in [0, 0.05) is 57.0 Å². The number of aromatic nitrogens is 2. The summed E-state index contributed by atoms with van der Waals surface area (Å²) in [4.78, 5) is 33.3. The first-order chi connectivity index (χ1) is 13.7. The molecule has 8 nitrogen and oxygen atoms in total. The number of carbonyl (C=O) groups is 1. The van der Waals surface area contributed by atoms with Crippen molar-refractivity contribution in [3.05, 3.63) is 59.0 Å². The van der Waals surface area contributed by atoms with E-state index in [0.717, 1.165) is 26.2 Å². The van der Waals surface area contributed by atoms with E-state index < -0.39 is 5.63 Å². The van der Waals surface area contributed by atoms with Crippen LogP contribution in [0.2, 0.25) is 0 Å². The van der Waals surface area contributed by atoms with Crippen molar-refractivity contribution < 1.29 is 13.9 Å². The standard InChI is InChI=1S/C20H22N4O4/c1-27-17-4-2-3-15-13-16(20(26)28-18(15)17)19(25)24-11-9-22(10-12-24)7-8-23-6-5-21-14-23/h2-6,13-14H,7-12H2,1H3. The maximum atomic E-state index is 12.9. The Morgan fingerprint density at radius 2 is 2.04 bits per heavy atom. The molecule has 28 heavy (non-hydrogen) atoms. The molecule has 0 radical (unpaired) electrons. The van der Waals surface area contributed by atoms with Gasteiger partial charge in [-0.15, -0.1) is 0 Å². The van der Waals surface area contributed by atoms with Crippen LogP contribution >= 0.6 is 0 Å². The Morgan fingerprint density at radius 3 is 2.75 bits per heavy atom. The molecule has 146 valence electrons. The summed E-state index contributed by atoms with van der Waals surface area (Å²) in [6.45, 7) is 4.47. The van der Waals surface area contributed by atoms with Crippen LogP contribution in [-0.2, 0) is 6.54 Å². The number of fused-ring (bicyclic) bond motifs is 1. The van der Waals surface area contributed by atoms with Gasteiger partial charge in [0.2, 0.25) is 0 Å². The number of nitrogens with zero attached hydrogens (tertiary/aromatic N) is 4. The van der Waals surface area contributed by atoms with E-state index in [9.17, 15) is 9.59 Å². The highest BCUT2D eigenvalue weighted by molar-refractivity contribution is 5.97. The van der Waals surface area contributed by atoms with Crippen molar-refractivity contribution in [1.82, 2.24) is 19.4 Å². The molecule has 1 aromatic carbocycles. The van der Waals surface area contributed by atoms with Crippen molar-refractivity contribution in [2.24, 2.45) is 0 Å².